The summed E-state index contributed by atoms with van der Waals surface area (Å²) in [6.45, 7) is 3.44. The highest BCUT2D eigenvalue weighted by Crippen LogP contribution is 2.53. The summed E-state index contributed by atoms with van der Waals surface area (Å²) in [7, 11) is 3.74. The lowest BCUT2D eigenvalue weighted by molar-refractivity contribution is 0.413. The number of nitrogens with one attached hydrogen (secondary N) is 1. The Kier molecular flexibility index (Phi) is 2.70. The monoisotopic (exact) mass is 205 g/mol. The molecule has 0 heterocycles. The van der Waals surface area contributed by atoms with Crippen LogP contribution >= 0.6 is 0 Å². The fraction of sp³-hybridized carbons (Fsp3) is 0.538. The van der Waals surface area contributed by atoms with Gasteiger partial charge in [-0.3, -0.25) is 0 Å². The Labute approximate surface area is 91.6 Å². The molecule has 82 valence electrons. The summed E-state index contributed by atoms with van der Waals surface area (Å²) in [5.74, 6) is 1.73. The third-order valence-corrected chi connectivity index (χ3v) is 3.59. The van der Waals surface area contributed by atoms with Crippen LogP contribution in [0.25, 0.3) is 0 Å². The molecule has 15 heavy (non-hydrogen) atoms. The van der Waals surface area contributed by atoms with Gasteiger partial charge in [-0.1, -0.05) is 19.1 Å². The smallest absolute Gasteiger partial charge is 0.119 e. The van der Waals surface area contributed by atoms with E-state index in [4.69, 9.17) is 4.74 Å². The van der Waals surface area contributed by atoms with Crippen molar-refractivity contribution in [1.82, 2.24) is 5.32 Å². The number of rotatable bonds is 4. The van der Waals surface area contributed by atoms with E-state index in [1.807, 2.05) is 13.1 Å². The molecule has 0 aliphatic heterocycles. The predicted molar refractivity (Wildman–Crippen MR) is 62.4 cm³/mol. The first-order chi connectivity index (χ1) is 7.20. The van der Waals surface area contributed by atoms with Gasteiger partial charge in [0, 0.05) is 0 Å². The van der Waals surface area contributed by atoms with Crippen molar-refractivity contribution in [2.24, 2.45) is 5.92 Å². The molecular weight excluding hydrogens is 186 g/mol. The highest BCUT2D eigenvalue weighted by molar-refractivity contribution is 5.38. The summed E-state index contributed by atoms with van der Waals surface area (Å²) in [6, 6.07) is 8.45. The fourth-order valence-electron chi connectivity index (χ4n) is 2.33. The van der Waals surface area contributed by atoms with Gasteiger partial charge in [-0.25, -0.2) is 0 Å². The van der Waals surface area contributed by atoms with E-state index in [1.54, 1.807) is 7.11 Å². The molecule has 1 fully saturated rings. The van der Waals surface area contributed by atoms with Crippen LogP contribution in [0, 0.1) is 5.92 Å². The molecule has 0 spiro atoms. The molecule has 2 atom stereocenters. The van der Waals surface area contributed by atoms with Gasteiger partial charge < -0.3 is 10.1 Å². The van der Waals surface area contributed by atoms with E-state index in [9.17, 15) is 0 Å². The Morgan fingerprint density at radius 2 is 2.33 bits per heavy atom. The highest BCUT2D eigenvalue weighted by Gasteiger charge is 2.50. The summed E-state index contributed by atoms with van der Waals surface area (Å²) < 4.78 is 5.26. The SMILES string of the molecule is CNCC1CC1(C)c1cccc(OC)c1. The Hall–Kier alpha value is -1.02. The molecule has 2 nitrogen and oxygen atoms in total. The van der Waals surface area contributed by atoms with Crippen LogP contribution in [0.3, 0.4) is 0 Å². The standard InChI is InChI=1S/C13H19NO/c1-13(8-11(13)9-14-2)10-5-4-6-12(7-10)15-3/h4-7,11,14H,8-9H2,1-3H3. The highest BCUT2D eigenvalue weighted by atomic mass is 16.5. The molecule has 0 bridgehead atoms. The maximum absolute atomic E-state index is 5.26. The third-order valence-electron chi connectivity index (χ3n) is 3.59. The van der Waals surface area contributed by atoms with E-state index >= 15 is 0 Å². The maximum atomic E-state index is 5.26. The molecular formula is C13H19NO. The zero-order valence-corrected chi connectivity index (χ0v) is 9.71. The van der Waals surface area contributed by atoms with E-state index in [-0.39, 0.29) is 0 Å². The van der Waals surface area contributed by atoms with Crippen molar-refractivity contribution in [2.45, 2.75) is 18.8 Å². The molecule has 1 aliphatic carbocycles. The lowest BCUT2D eigenvalue weighted by Crippen LogP contribution is -2.15. The van der Waals surface area contributed by atoms with Crippen LogP contribution < -0.4 is 10.1 Å². The van der Waals surface area contributed by atoms with Crippen LogP contribution in [-0.2, 0) is 5.41 Å². The van der Waals surface area contributed by atoms with Crippen molar-refractivity contribution in [3.05, 3.63) is 29.8 Å². The molecule has 1 aromatic carbocycles. The number of hydrogen-bond donors (Lipinski definition) is 1. The number of benzene rings is 1. The molecule has 2 rings (SSSR count). The largest absolute Gasteiger partial charge is 0.497 e. The summed E-state index contributed by atoms with van der Waals surface area (Å²) in [4.78, 5) is 0. The zero-order chi connectivity index (χ0) is 10.9. The fourth-order valence-corrected chi connectivity index (χ4v) is 2.33. The van der Waals surface area contributed by atoms with Gasteiger partial charge in [0.25, 0.3) is 0 Å². The van der Waals surface area contributed by atoms with Gasteiger partial charge in [0.05, 0.1) is 7.11 Å². The molecule has 1 saturated carbocycles. The van der Waals surface area contributed by atoms with Crippen molar-refractivity contribution in [2.75, 3.05) is 20.7 Å². The molecule has 2 heteroatoms. The number of ether oxygens (including phenoxy) is 1. The Morgan fingerprint density at radius 3 is 3.00 bits per heavy atom. The second kappa shape index (κ2) is 3.86. The molecule has 1 N–H and O–H groups in total. The van der Waals surface area contributed by atoms with E-state index < -0.39 is 0 Å². The predicted octanol–water partition coefficient (Wildman–Crippen LogP) is 2.19. The quantitative estimate of drug-likeness (QED) is 0.813. The summed E-state index contributed by atoms with van der Waals surface area (Å²) >= 11 is 0. The van der Waals surface area contributed by atoms with Crippen LogP contribution in [0.15, 0.2) is 24.3 Å². The number of methoxy groups -OCH3 is 1. The molecule has 0 aromatic heterocycles. The Bertz CT molecular complexity index is 350. The van der Waals surface area contributed by atoms with Crippen LogP contribution in [0.1, 0.15) is 18.9 Å². The Balaban J connectivity index is 2.16. The van der Waals surface area contributed by atoms with Gasteiger partial charge in [0.1, 0.15) is 5.75 Å². The van der Waals surface area contributed by atoms with E-state index in [1.165, 1.54) is 12.0 Å². The Morgan fingerprint density at radius 1 is 1.53 bits per heavy atom. The average molecular weight is 205 g/mol. The van der Waals surface area contributed by atoms with Gasteiger partial charge >= 0.3 is 0 Å². The average Bonchev–Trinajstić information content (AvgIpc) is 2.92. The maximum Gasteiger partial charge on any atom is 0.119 e. The van der Waals surface area contributed by atoms with E-state index in [2.05, 4.69) is 30.4 Å². The van der Waals surface area contributed by atoms with Gasteiger partial charge in [-0.05, 0) is 49.0 Å². The normalized spacial score (nSPS) is 28.9. The minimum Gasteiger partial charge on any atom is -0.497 e. The van der Waals surface area contributed by atoms with Crippen LogP contribution in [-0.4, -0.2) is 20.7 Å². The van der Waals surface area contributed by atoms with Gasteiger partial charge in [0.2, 0.25) is 0 Å². The van der Waals surface area contributed by atoms with Crippen molar-refractivity contribution >= 4 is 0 Å². The van der Waals surface area contributed by atoms with Crippen molar-refractivity contribution in [1.29, 1.82) is 0 Å². The van der Waals surface area contributed by atoms with Gasteiger partial charge in [0.15, 0.2) is 0 Å². The summed E-state index contributed by atoms with van der Waals surface area (Å²) in [6.07, 6.45) is 1.28. The van der Waals surface area contributed by atoms with Crippen molar-refractivity contribution in [3.8, 4) is 5.75 Å². The van der Waals surface area contributed by atoms with Crippen molar-refractivity contribution < 1.29 is 4.74 Å². The summed E-state index contributed by atoms with van der Waals surface area (Å²) in [5, 5.41) is 3.25. The molecule has 0 radical (unpaired) electrons. The van der Waals surface area contributed by atoms with Crippen LogP contribution in [0.2, 0.25) is 0 Å². The first-order valence-corrected chi connectivity index (χ1v) is 5.50. The van der Waals surface area contributed by atoms with Crippen LogP contribution in [0.5, 0.6) is 5.75 Å². The number of hydrogen-bond acceptors (Lipinski definition) is 2. The topological polar surface area (TPSA) is 21.3 Å². The molecule has 1 aromatic rings. The first kappa shape index (κ1) is 10.5. The van der Waals surface area contributed by atoms with Crippen molar-refractivity contribution in [3.63, 3.8) is 0 Å². The van der Waals surface area contributed by atoms with Gasteiger partial charge in [-0.2, -0.15) is 0 Å². The third kappa shape index (κ3) is 1.86. The summed E-state index contributed by atoms with van der Waals surface area (Å²) in [5.41, 5.74) is 1.76. The van der Waals surface area contributed by atoms with E-state index in [0.29, 0.717) is 5.41 Å². The molecule has 0 saturated heterocycles. The minimum absolute atomic E-state index is 0.359. The van der Waals surface area contributed by atoms with Crippen LogP contribution in [0.4, 0.5) is 0 Å². The zero-order valence-electron chi connectivity index (χ0n) is 9.71. The second-order valence-electron chi connectivity index (χ2n) is 4.61. The molecule has 1 aliphatic rings. The molecule has 0 amide bonds. The first-order valence-electron chi connectivity index (χ1n) is 5.50. The molecule has 2 unspecified atom stereocenters. The second-order valence-corrected chi connectivity index (χ2v) is 4.61. The van der Waals surface area contributed by atoms with E-state index in [0.717, 1.165) is 18.2 Å². The lowest BCUT2D eigenvalue weighted by atomic mass is 9.95. The lowest BCUT2D eigenvalue weighted by Gasteiger charge is -2.13. The minimum atomic E-state index is 0.359. The van der Waals surface area contributed by atoms with Gasteiger partial charge in [-0.15, -0.1) is 0 Å².